The average molecular weight is 148 g/mol. The van der Waals surface area contributed by atoms with E-state index in [2.05, 4.69) is 0 Å². The number of rotatable bonds is 3. The zero-order valence-corrected chi connectivity index (χ0v) is 7.64. The molecule has 2 nitrogen and oxygen atoms in total. The first-order chi connectivity index (χ1) is 4.00. The average Bonchev–Trinajstić information content (AvgIpc) is 1.65. The van der Waals surface area contributed by atoms with E-state index >= 15 is 0 Å². The lowest BCUT2D eigenvalue weighted by molar-refractivity contribution is 0.212. The number of hydrogen-bond acceptors (Lipinski definition) is 2. The number of aliphatic hydroxyl groups excluding tert-OH is 1. The van der Waals surface area contributed by atoms with E-state index < -0.39 is 8.32 Å². The summed E-state index contributed by atoms with van der Waals surface area (Å²) in [6.07, 6.45) is 0. The molecule has 0 aromatic carbocycles. The van der Waals surface area contributed by atoms with Crippen molar-refractivity contribution in [3.8, 4) is 0 Å². The van der Waals surface area contributed by atoms with Crippen molar-refractivity contribution in [1.82, 2.24) is 0 Å². The smallest absolute Gasteiger partial charge is 0.214 e. The predicted molar refractivity (Wildman–Crippen MR) is 40.8 cm³/mol. The van der Waals surface area contributed by atoms with Crippen LogP contribution >= 0.6 is 0 Å². The van der Waals surface area contributed by atoms with Gasteiger partial charge in [-0.3, -0.25) is 0 Å². The van der Waals surface area contributed by atoms with Crippen LogP contribution in [0.3, 0.4) is 0 Å². The summed E-state index contributed by atoms with van der Waals surface area (Å²) in [6, 6.07) is 0. The van der Waals surface area contributed by atoms with Gasteiger partial charge in [-0.15, -0.1) is 0 Å². The SMILES string of the molecule is CCO[Si](C)(C)C(C)O. The molecular weight excluding hydrogens is 132 g/mol. The van der Waals surface area contributed by atoms with E-state index in [1.807, 2.05) is 20.0 Å². The summed E-state index contributed by atoms with van der Waals surface area (Å²) < 4.78 is 5.38. The van der Waals surface area contributed by atoms with Crippen molar-refractivity contribution in [3.63, 3.8) is 0 Å². The minimum absolute atomic E-state index is 0.266. The van der Waals surface area contributed by atoms with Crippen molar-refractivity contribution in [1.29, 1.82) is 0 Å². The van der Waals surface area contributed by atoms with Crippen molar-refractivity contribution >= 4 is 8.32 Å². The van der Waals surface area contributed by atoms with Gasteiger partial charge in [-0.2, -0.15) is 0 Å². The van der Waals surface area contributed by atoms with Crippen molar-refractivity contribution < 1.29 is 9.53 Å². The van der Waals surface area contributed by atoms with Crippen LogP contribution in [0.1, 0.15) is 13.8 Å². The molecule has 1 atom stereocenters. The lowest BCUT2D eigenvalue weighted by Gasteiger charge is -2.24. The van der Waals surface area contributed by atoms with Gasteiger partial charge in [0.05, 0.1) is 5.73 Å². The monoisotopic (exact) mass is 148 g/mol. The molecule has 0 fully saturated rings. The van der Waals surface area contributed by atoms with Crippen LogP contribution in [-0.2, 0) is 4.43 Å². The van der Waals surface area contributed by atoms with E-state index in [-0.39, 0.29) is 5.73 Å². The zero-order chi connectivity index (χ0) is 7.49. The van der Waals surface area contributed by atoms with E-state index in [9.17, 15) is 0 Å². The van der Waals surface area contributed by atoms with E-state index in [4.69, 9.17) is 9.53 Å². The molecule has 0 saturated heterocycles. The second-order valence-corrected chi connectivity index (χ2v) is 7.04. The van der Waals surface area contributed by atoms with Crippen LogP contribution in [0.2, 0.25) is 13.1 Å². The fourth-order valence-corrected chi connectivity index (χ4v) is 1.48. The van der Waals surface area contributed by atoms with Crippen LogP contribution in [0.4, 0.5) is 0 Å². The molecule has 0 aromatic rings. The zero-order valence-electron chi connectivity index (χ0n) is 6.64. The summed E-state index contributed by atoms with van der Waals surface area (Å²) in [6.45, 7) is 8.49. The molecule has 9 heavy (non-hydrogen) atoms. The molecule has 3 heteroatoms. The highest BCUT2D eigenvalue weighted by Crippen LogP contribution is 2.08. The van der Waals surface area contributed by atoms with Crippen LogP contribution in [-0.4, -0.2) is 25.8 Å². The van der Waals surface area contributed by atoms with Gasteiger partial charge in [0, 0.05) is 6.61 Å². The van der Waals surface area contributed by atoms with Crippen LogP contribution < -0.4 is 0 Å². The van der Waals surface area contributed by atoms with Crippen LogP contribution in [0.5, 0.6) is 0 Å². The molecule has 0 saturated carbocycles. The third-order valence-corrected chi connectivity index (χ3v) is 4.57. The van der Waals surface area contributed by atoms with Gasteiger partial charge in [-0.05, 0) is 26.9 Å². The normalized spacial score (nSPS) is 15.7. The van der Waals surface area contributed by atoms with Crippen LogP contribution in [0.15, 0.2) is 0 Å². The Morgan fingerprint density at radius 2 is 2.00 bits per heavy atom. The molecule has 0 amide bonds. The Kier molecular flexibility index (Phi) is 3.39. The summed E-state index contributed by atoms with van der Waals surface area (Å²) in [7, 11) is -1.73. The van der Waals surface area contributed by atoms with Gasteiger partial charge < -0.3 is 9.53 Å². The van der Waals surface area contributed by atoms with Gasteiger partial charge in [0.15, 0.2) is 0 Å². The van der Waals surface area contributed by atoms with Gasteiger partial charge >= 0.3 is 0 Å². The first-order valence-electron chi connectivity index (χ1n) is 3.32. The lowest BCUT2D eigenvalue weighted by Crippen LogP contribution is -2.42. The Bertz CT molecular complexity index is 81.1. The van der Waals surface area contributed by atoms with Crippen molar-refractivity contribution in [3.05, 3.63) is 0 Å². The van der Waals surface area contributed by atoms with Gasteiger partial charge in [-0.25, -0.2) is 0 Å². The molecule has 0 radical (unpaired) electrons. The largest absolute Gasteiger partial charge is 0.415 e. The Hall–Kier alpha value is 0.137. The molecule has 0 rings (SSSR count). The maximum absolute atomic E-state index is 9.15. The van der Waals surface area contributed by atoms with E-state index in [0.717, 1.165) is 0 Å². The summed E-state index contributed by atoms with van der Waals surface area (Å²) in [5, 5.41) is 9.15. The highest BCUT2D eigenvalue weighted by molar-refractivity contribution is 6.72. The van der Waals surface area contributed by atoms with Gasteiger partial charge in [0.2, 0.25) is 8.32 Å². The molecule has 0 spiro atoms. The summed E-state index contributed by atoms with van der Waals surface area (Å²) in [4.78, 5) is 0. The first-order valence-corrected chi connectivity index (χ1v) is 6.31. The molecule has 0 aliphatic heterocycles. The van der Waals surface area contributed by atoms with Crippen molar-refractivity contribution in [2.45, 2.75) is 32.7 Å². The van der Waals surface area contributed by atoms with E-state index in [1.54, 1.807) is 6.92 Å². The maximum atomic E-state index is 9.15. The standard InChI is InChI=1S/C6H16O2Si/c1-5-8-9(3,4)6(2)7/h6-7H,5H2,1-4H3. The van der Waals surface area contributed by atoms with E-state index in [1.165, 1.54) is 0 Å². The molecular formula is C6H16O2Si. The second kappa shape index (κ2) is 3.34. The molecule has 0 heterocycles. The highest BCUT2D eigenvalue weighted by Gasteiger charge is 2.27. The fourth-order valence-electron chi connectivity index (χ4n) is 0.493. The topological polar surface area (TPSA) is 29.5 Å². The minimum Gasteiger partial charge on any atom is -0.415 e. The Balaban J connectivity index is 3.70. The Morgan fingerprint density at radius 3 is 2.11 bits per heavy atom. The lowest BCUT2D eigenvalue weighted by atomic mass is 10.9. The summed E-state index contributed by atoms with van der Waals surface area (Å²) in [5.41, 5.74) is -0.266. The molecule has 1 unspecified atom stereocenters. The van der Waals surface area contributed by atoms with Crippen molar-refractivity contribution in [2.75, 3.05) is 6.61 Å². The molecule has 0 aromatic heterocycles. The second-order valence-electron chi connectivity index (χ2n) is 2.71. The summed E-state index contributed by atoms with van der Waals surface area (Å²) in [5.74, 6) is 0. The molecule has 1 N–H and O–H groups in total. The highest BCUT2D eigenvalue weighted by atomic mass is 28.4. The molecule has 0 aliphatic rings. The Morgan fingerprint density at radius 1 is 1.56 bits per heavy atom. The minimum atomic E-state index is -1.73. The predicted octanol–water partition coefficient (Wildman–Crippen LogP) is 1.15. The van der Waals surface area contributed by atoms with Gasteiger partial charge in [0.1, 0.15) is 0 Å². The number of aliphatic hydroxyl groups is 1. The van der Waals surface area contributed by atoms with Gasteiger partial charge in [-0.1, -0.05) is 0 Å². The summed E-state index contributed by atoms with van der Waals surface area (Å²) >= 11 is 0. The third kappa shape index (κ3) is 2.98. The molecule has 0 aliphatic carbocycles. The quantitative estimate of drug-likeness (QED) is 0.608. The maximum Gasteiger partial charge on any atom is 0.214 e. The van der Waals surface area contributed by atoms with Crippen LogP contribution in [0, 0.1) is 0 Å². The third-order valence-electron chi connectivity index (χ3n) is 1.52. The molecule has 56 valence electrons. The number of hydrogen-bond donors (Lipinski definition) is 1. The first kappa shape index (κ1) is 9.14. The van der Waals surface area contributed by atoms with E-state index in [0.29, 0.717) is 6.61 Å². The molecule has 0 bridgehead atoms. The van der Waals surface area contributed by atoms with Crippen molar-refractivity contribution in [2.24, 2.45) is 0 Å². The van der Waals surface area contributed by atoms with Gasteiger partial charge in [0.25, 0.3) is 0 Å². The fraction of sp³-hybridized carbons (Fsp3) is 1.00. The van der Waals surface area contributed by atoms with Crippen LogP contribution in [0.25, 0.3) is 0 Å². The Labute approximate surface area is 58.0 Å².